The molecule has 0 unspecified atom stereocenters. The molecule has 0 aliphatic carbocycles. The summed E-state index contributed by atoms with van der Waals surface area (Å²) in [6, 6.07) is 18.0. The number of anilines is 1. The Hall–Kier alpha value is -3.12. The minimum absolute atomic E-state index is 0.219. The molecule has 28 heavy (non-hydrogen) atoms. The van der Waals surface area contributed by atoms with Gasteiger partial charge in [0.25, 0.3) is 10.0 Å². The Bertz CT molecular complexity index is 1270. The van der Waals surface area contributed by atoms with Gasteiger partial charge in [-0.1, -0.05) is 35.9 Å². The van der Waals surface area contributed by atoms with Crippen molar-refractivity contribution in [1.29, 1.82) is 0 Å². The first-order valence-electron chi connectivity index (χ1n) is 8.90. The maximum Gasteiger partial charge on any atom is 0.261 e. The fraction of sp³-hybridized carbons (Fsp3) is 0.136. The zero-order valence-electron chi connectivity index (χ0n) is 15.9. The number of aromatic nitrogens is 1. The third-order valence-corrected chi connectivity index (χ3v) is 6.03. The van der Waals surface area contributed by atoms with Crippen LogP contribution in [0.25, 0.3) is 22.6 Å². The number of aryl methyl sites for hydroxylation is 3. The van der Waals surface area contributed by atoms with Gasteiger partial charge in [0.05, 0.1) is 10.6 Å². The van der Waals surface area contributed by atoms with Gasteiger partial charge in [-0.25, -0.2) is 13.4 Å². The Morgan fingerprint density at radius 3 is 2.32 bits per heavy atom. The highest BCUT2D eigenvalue weighted by atomic mass is 32.2. The fourth-order valence-electron chi connectivity index (χ4n) is 3.12. The highest BCUT2D eigenvalue weighted by Gasteiger charge is 2.17. The number of nitrogens with one attached hydrogen (secondary N) is 1. The lowest BCUT2D eigenvalue weighted by Crippen LogP contribution is -2.13. The summed E-state index contributed by atoms with van der Waals surface area (Å²) < 4.78 is 34.0. The van der Waals surface area contributed by atoms with Crippen LogP contribution in [-0.2, 0) is 10.0 Å². The monoisotopic (exact) mass is 392 g/mol. The Kier molecular flexibility index (Phi) is 4.43. The SMILES string of the molecule is Cc1ccc(S(=O)(=O)Nc2cc(C)c3oc(-c4ccccc4C)nc3c2)cc1. The van der Waals surface area contributed by atoms with E-state index in [1.165, 1.54) is 0 Å². The highest BCUT2D eigenvalue weighted by Crippen LogP contribution is 2.31. The first-order chi connectivity index (χ1) is 13.3. The zero-order chi connectivity index (χ0) is 19.9. The zero-order valence-corrected chi connectivity index (χ0v) is 16.7. The summed E-state index contributed by atoms with van der Waals surface area (Å²) in [4.78, 5) is 4.80. The van der Waals surface area contributed by atoms with E-state index in [1.54, 1.807) is 36.4 Å². The van der Waals surface area contributed by atoms with E-state index in [0.29, 0.717) is 22.7 Å². The lowest BCUT2D eigenvalue weighted by Gasteiger charge is -2.09. The molecule has 0 spiro atoms. The second-order valence-electron chi connectivity index (χ2n) is 6.89. The molecule has 3 aromatic carbocycles. The van der Waals surface area contributed by atoms with Gasteiger partial charge in [-0.15, -0.1) is 0 Å². The topological polar surface area (TPSA) is 72.2 Å². The lowest BCUT2D eigenvalue weighted by molar-refractivity contribution is 0.601. The van der Waals surface area contributed by atoms with E-state index in [0.717, 1.165) is 22.3 Å². The highest BCUT2D eigenvalue weighted by molar-refractivity contribution is 7.92. The van der Waals surface area contributed by atoms with Crippen molar-refractivity contribution in [3.05, 3.63) is 77.4 Å². The second-order valence-corrected chi connectivity index (χ2v) is 8.58. The molecule has 1 N–H and O–H groups in total. The van der Waals surface area contributed by atoms with Crippen LogP contribution in [0.3, 0.4) is 0 Å². The van der Waals surface area contributed by atoms with Crippen LogP contribution in [-0.4, -0.2) is 13.4 Å². The first-order valence-corrected chi connectivity index (χ1v) is 10.4. The quantitative estimate of drug-likeness (QED) is 0.517. The lowest BCUT2D eigenvalue weighted by atomic mass is 10.1. The molecule has 142 valence electrons. The van der Waals surface area contributed by atoms with E-state index < -0.39 is 10.0 Å². The number of rotatable bonds is 4. The summed E-state index contributed by atoms with van der Waals surface area (Å²) in [5.74, 6) is 0.523. The summed E-state index contributed by atoms with van der Waals surface area (Å²) in [6.45, 7) is 5.79. The predicted octanol–water partition coefficient (Wildman–Crippen LogP) is 5.22. The molecule has 1 heterocycles. The van der Waals surface area contributed by atoms with E-state index in [2.05, 4.69) is 9.71 Å². The van der Waals surface area contributed by atoms with Crippen molar-refractivity contribution in [3.63, 3.8) is 0 Å². The van der Waals surface area contributed by atoms with Gasteiger partial charge in [0.2, 0.25) is 5.89 Å². The third-order valence-electron chi connectivity index (χ3n) is 4.63. The standard InChI is InChI=1S/C22H20N2O3S/c1-14-8-10-18(11-9-14)28(25,26)24-17-12-16(3)21-20(13-17)23-22(27-21)19-7-5-4-6-15(19)2/h4-13,24H,1-3H3. The maximum atomic E-state index is 12.7. The summed E-state index contributed by atoms with van der Waals surface area (Å²) in [5, 5.41) is 0. The molecule has 0 fully saturated rings. The van der Waals surface area contributed by atoms with E-state index in [9.17, 15) is 8.42 Å². The normalized spacial score (nSPS) is 11.7. The number of sulfonamides is 1. The minimum Gasteiger partial charge on any atom is -0.436 e. The molecule has 0 aliphatic rings. The maximum absolute atomic E-state index is 12.7. The van der Waals surface area contributed by atoms with Crippen LogP contribution >= 0.6 is 0 Å². The van der Waals surface area contributed by atoms with Crippen LogP contribution in [0.4, 0.5) is 5.69 Å². The number of benzene rings is 3. The number of hydrogen-bond acceptors (Lipinski definition) is 4. The fourth-order valence-corrected chi connectivity index (χ4v) is 4.16. The van der Waals surface area contributed by atoms with Gasteiger partial charge in [0.15, 0.2) is 5.58 Å². The second kappa shape index (κ2) is 6.80. The van der Waals surface area contributed by atoms with Crippen molar-refractivity contribution in [2.75, 3.05) is 4.72 Å². The van der Waals surface area contributed by atoms with Crippen LogP contribution < -0.4 is 4.72 Å². The van der Waals surface area contributed by atoms with Crippen LogP contribution in [0.2, 0.25) is 0 Å². The van der Waals surface area contributed by atoms with Gasteiger partial charge in [0, 0.05) is 5.56 Å². The Labute approximate surface area is 164 Å². The van der Waals surface area contributed by atoms with E-state index in [1.807, 2.05) is 45.0 Å². The summed E-state index contributed by atoms with van der Waals surface area (Å²) in [5.41, 5.74) is 5.51. The number of hydrogen-bond donors (Lipinski definition) is 1. The van der Waals surface area contributed by atoms with Gasteiger partial charge >= 0.3 is 0 Å². The van der Waals surface area contributed by atoms with Crippen molar-refractivity contribution < 1.29 is 12.8 Å². The molecule has 0 atom stereocenters. The van der Waals surface area contributed by atoms with Gasteiger partial charge < -0.3 is 4.42 Å². The Morgan fingerprint density at radius 2 is 1.61 bits per heavy atom. The molecule has 0 saturated carbocycles. The van der Waals surface area contributed by atoms with Crippen molar-refractivity contribution in [3.8, 4) is 11.5 Å². The summed E-state index contributed by atoms with van der Waals surface area (Å²) >= 11 is 0. The first kappa shape index (κ1) is 18.3. The van der Waals surface area contributed by atoms with E-state index in [-0.39, 0.29) is 4.90 Å². The molecule has 1 aromatic heterocycles. The van der Waals surface area contributed by atoms with E-state index >= 15 is 0 Å². The molecule has 4 aromatic rings. The van der Waals surface area contributed by atoms with Gasteiger partial charge in [-0.05, 0) is 62.2 Å². The molecule has 0 radical (unpaired) electrons. The van der Waals surface area contributed by atoms with Gasteiger partial charge in [-0.2, -0.15) is 0 Å². The number of fused-ring (bicyclic) bond motifs is 1. The Balaban J connectivity index is 1.73. The molecule has 5 nitrogen and oxygen atoms in total. The molecule has 6 heteroatoms. The average Bonchev–Trinajstić information content (AvgIpc) is 3.06. The van der Waals surface area contributed by atoms with Crippen molar-refractivity contribution in [1.82, 2.24) is 4.98 Å². The van der Waals surface area contributed by atoms with Crippen LogP contribution in [0.5, 0.6) is 0 Å². The molecule has 0 bridgehead atoms. The van der Waals surface area contributed by atoms with Crippen LogP contribution in [0.1, 0.15) is 16.7 Å². The number of nitrogens with zero attached hydrogens (tertiary/aromatic N) is 1. The smallest absolute Gasteiger partial charge is 0.261 e. The van der Waals surface area contributed by atoms with Gasteiger partial charge in [-0.3, -0.25) is 4.72 Å². The summed E-state index contributed by atoms with van der Waals surface area (Å²) in [6.07, 6.45) is 0. The van der Waals surface area contributed by atoms with Gasteiger partial charge in [0.1, 0.15) is 5.52 Å². The largest absolute Gasteiger partial charge is 0.436 e. The molecule has 0 saturated heterocycles. The van der Waals surface area contributed by atoms with Crippen LogP contribution in [0, 0.1) is 20.8 Å². The molecular weight excluding hydrogens is 372 g/mol. The molecule has 0 aliphatic heterocycles. The number of oxazole rings is 1. The summed E-state index contributed by atoms with van der Waals surface area (Å²) in [7, 11) is -3.68. The third kappa shape index (κ3) is 3.39. The molecule has 4 rings (SSSR count). The molecule has 0 amide bonds. The average molecular weight is 392 g/mol. The van der Waals surface area contributed by atoms with Crippen LogP contribution in [0.15, 0.2) is 70.0 Å². The van der Waals surface area contributed by atoms with Crippen molar-refractivity contribution in [2.24, 2.45) is 0 Å². The molecular formula is C22H20N2O3S. The predicted molar refractivity (Wildman–Crippen MR) is 111 cm³/mol. The van der Waals surface area contributed by atoms with Crippen molar-refractivity contribution in [2.45, 2.75) is 25.7 Å². The van der Waals surface area contributed by atoms with E-state index in [4.69, 9.17) is 4.42 Å². The minimum atomic E-state index is -3.68. The van der Waals surface area contributed by atoms with Crippen molar-refractivity contribution >= 4 is 26.8 Å². The Morgan fingerprint density at radius 1 is 0.893 bits per heavy atom.